The number of benzene rings is 1. The molecule has 0 aromatic heterocycles. The van der Waals surface area contributed by atoms with E-state index in [0.717, 1.165) is 5.70 Å². The highest BCUT2D eigenvalue weighted by atomic mass is 14.9. The van der Waals surface area contributed by atoms with Gasteiger partial charge in [-0.2, -0.15) is 0 Å². The van der Waals surface area contributed by atoms with Gasteiger partial charge in [0.05, 0.1) is 5.70 Å². The van der Waals surface area contributed by atoms with Gasteiger partial charge >= 0.3 is 0 Å². The molecule has 0 unspecified atom stereocenters. The molecule has 0 N–H and O–H groups in total. The Hall–Kier alpha value is -1.50. The average Bonchev–Trinajstić information content (AvgIpc) is 2.80. The van der Waals surface area contributed by atoms with Crippen molar-refractivity contribution in [3.05, 3.63) is 52.2 Å². The molecule has 0 bridgehead atoms. The van der Waals surface area contributed by atoms with E-state index < -0.39 is 0 Å². The van der Waals surface area contributed by atoms with Crippen LogP contribution in [-0.2, 0) is 12.8 Å². The van der Waals surface area contributed by atoms with Crippen LogP contribution in [0.1, 0.15) is 55.9 Å². The zero-order valence-electron chi connectivity index (χ0n) is 12.6. The molecule has 1 heterocycles. The highest BCUT2D eigenvalue weighted by Crippen LogP contribution is 2.29. The molecule has 1 aliphatic rings. The molecular formula is C18H24N. The first-order chi connectivity index (χ1) is 9.19. The molecule has 0 atom stereocenters. The third-order valence-electron chi connectivity index (χ3n) is 3.87. The molecule has 1 heteroatoms. The Bertz CT molecular complexity index is 521. The highest BCUT2D eigenvalue weighted by molar-refractivity contribution is 5.75. The number of hydrogen-bond acceptors (Lipinski definition) is 0. The lowest BCUT2D eigenvalue weighted by Gasteiger charge is -2.17. The molecule has 1 aliphatic heterocycles. The Balaban J connectivity index is 2.47. The summed E-state index contributed by atoms with van der Waals surface area (Å²) in [6.07, 6.45) is 8.77. The number of hydrogen-bond donors (Lipinski definition) is 0. The molecule has 0 spiro atoms. The van der Waals surface area contributed by atoms with E-state index >= 15 is 0 Å². The fourth-order valence-corrected chi connectivity index (χ4v) is 2.86. The van der Waals surface area contributed by atoms with Gasteiger partial charge in [-0.1, -0.05) is 38.8 Å². The second-order valence-corrected chi connectivity index (χ2v) is 5.35. The van der Waals surface area contributed by atoms with Gasteiger partial charge in [0.25, 0.3) is 0 Å². The monoisotopic (exact) mass is 254 g/mol. The van der Waals surface area contributed by atoms with Crippen molar-refractivity contribution in [3.63, 3.8) is 0 Å². The van der Waals surface area contributed by atoms with Crippen LogP contribution in [0.3, 0.4) is 0 Å². The van der Waals surface area contributed by atoms with E-state index in [9.17, 15) is 0 Å². The van der Waals surface area contributed by atoms with Crippen LogP contribution in [0.15, 0.2) is 30.0 Å². The van der Waals surface area contributed by atoms with Crippen LogP contribution in [0.25, 0.3) is 5.70 Å². The van der Waals surface area contributed by atoms with E-state index in [-0.39, 0.29) is 0 Å². The van der Waals surface area contributed by atoms with E-state index in [1.807, 2.05) is 6.20 Å². The van der Waals surface area contributed by atoms with Gasteiger partial charge in [0, 0.05) is 11.8 Å². The third kappa shape index (κ3) is 2.75. The fourth-order valence-electron chi connectivity index (χ4n) is 2.86. The van der Waals surface area contributed by atoms with Gasteiger partial charge in [0.15, 0.2) is 0 Å². The zero-order chi connectivity index (χ0) is 13.8. The van der Waals surface area contributed by atoms with E-state index in [4.69, 9.17) is 0 Å². The second kappa shape index (κ2) is 6.10. The van der Waals surface area contributed by atoms with Crippen molar-refractivity contribution in [1.29, 1.82) is 0 Å². The van der Waals surface area contributed by atoms with E-state index in [1.54, 1.807) is 5.56 Å². The van der Waals surface area contributed by atoms with Crippen molar-refractivity contribution in [2.45, 2.75) is 53.4 Å². The normalized spacial score (nSPS) is 14.1. The average molecular weight is 254 g/mol. The summed E-state index contributed by atoms with van der Waals surface area (Å²) in [4.78, 5) is 0. The number of nitrogens with zero attached hydrogens (tertiary/aromatic N) is 1. The lowest BCUT2D eigenvalue weighted by molar-refractivity contribution is 0.852. The molecule has 0 saturated heterocycles. The molecule has 0 fully saturated rings. The molecular weight excluding hydrogens is 230 g/mol. The minimum atomic E-state index is 1.15. The van der Waals surface area contributed by atoms with Crippen LogP contribution in [0.4, 0.5) is 0 Å². The van der Waals surface area contributed by atoms with Crippen molar-refractivity contribution < 1.29 is 0 Å². The maximum Gasteiger partial charge on any atom is 0.0734 e. The predicted molar refractivity (Wildman–Crippen MR) is 83.0 cm³/mol. The Kier molecular flexibility index (Phi) is 4.47. The summed E-state index contributed by atoms with van der Waals surface area (Å²) in [6.45, 7) is 8.91. The maximum absolute atomic E-state index is 4.52. The standard InChI is InChI=1S/C18H24N/c1-5-7-15-9-10-17(14(4)16(15)8-6-2)18-13(3)11-12-19-18/h9-12H,5-8H2,1-4H3. The summed E-state index contributed by atoms with van der Waals surface area (Å²) in [5.74, 6) is 0. The summed E-state index contributed by atoms with van der Waals surface area (Å²) in [6, 6.07) is 4.57. The molecule has 101 valence electrons. The summed E-state index contributed by atoms with van der Waals surface area (Å²) < 4.78 is 0. The third-order valence-corrected chi connectivity index (χ3v) is 3.87. The van der Waals surface area contributed by atoms with E-state index in [0.29, 0.717) is 0 Å². The molecule has 2 rings (SSSR count). The van der Waals surface area contributed by atoms with Gasteiger partial charge < -0.3 is 0 Å². The van der Waals surface area contributed by atoms with Crippen molar-refractivity contribution >= 4 is 5.70 Å². The first kappa shape index (κ1) is 13.9. The summed E-state index contributed by atoms with van der Waals surface area (Å²) in [5, 5.41) is 4.52. The van der Waals surface area contributed by atoms with Gasteiger partial charge in [-0.25, -0.2) is 0 Å². The summed E-state index contributed by atoms with van der Waals surface area (Å²) >= 11 is 0. The van der Waals surface area contributed by atoms with Gasteiger partial charge in [-0.05, 0) is 55.0 Å². The number of allylic oxidation sites excluding steroid dienone is 2. The number of aryl methyl sites for hydroxylation is 1. The van der Waals surface area contributed by atoms with Crippen LogP contribution in [0.5, 0.6) is 0 Å². The van der Waals surface area contributed by atoms with Gasteiger partial charge in [0.1, 0.15) is 0 Å². The molecule has 1 nitrogen and oxygen atoms in total. The topological polar surface area (TPSA) is 14.1 Å². The lowest BCUT2D eigenvalue weighted by atomic mass is 9.90. The van der Waals surface area contributed by atoms with E-state index in [1.165, 1.54) is 47.9 Å². The highest BCUT2D eigenvalue weighted by Gasteiger charge is 2.15. The maximum atomic E-state index is 4.52. The Morgan fingerprint density at radius 1 is 1.00 bits per heavy atom. The minimum absolute atomic E-state index is 1.15. The van der Waals surface area contributed by atoms with E-state index in [2.05, 4.69) is 51.2 Å². The van der Waals surface area contributed by atoms with Crippen molar-refractivity contribution in [2.24, 2.45) is 0 Å². The molecule has 1 radical (unpaired) electrons. The summed E-state index contributed by atoms with van der Waals surface area (Å²) in [5.41, 5.74) is 8.23. The molecule has 1 aromatic rings. The van der Waals surface area contributed by atoms with Crippen molar-refractivity contribution in [3.8, 4) is 0 Å². The largest absolute Gasteiger partial charge is 0.256 e. The molecule has 1 aromatic carbocycles. The van der Waals surface area contributed by atoms with Crippen molar-refractivity contribution in [1.82, 2.24) is 5.32 Å². The Morgan fingerprint density at radius 3 is 2.32 bits per heavy atom. The van der Waals surface area contributed by atoms with Crippen LogP contribution >= 0.6 is 0 Å². The number of rotatable bonds is 5. The zero-order valence-corrected chi connectivity index (χ0v) is 12.6. The van der Waals surface area contributed by atoms with Gasteiger partial charge in [-0.15, -0.1) is 0 Å². The summed E-state index contributed by atoms with van der Waals surface area (Å²) in [7, 11) is 0. The predicted octanol–water partition coefficient (Wildman–Crippen LogP) is 4.76. The van der Waals surface area contributed by atoms with Crippen LogP contribution in [0, 0.1) is 6.92 Å². The quantitative estimate of drug-likeness (QED) is 0.719. The van der Waals surface area contributed by atoms with Crippen molar-refractivity contribution in [2.75, 3.05) is 0 Å². The van der Waals surface area contributed by atoms with Crippen LogP contribution in [0.2, 0.25) is 0 Å². The van der Waals surface area contributed by atoms with Crippen LogP contribution in [-0.4, -0.2) is 0 Å². The fraction of sp³-hybridized carbons (Fsp3) is 0.444. The second-order valence-electron chi connectivity index (χ2n) is 5.35. The SMILES string of the molecule is CCCc1ccc(C2=C(C)C=C[N]2)c(C)c1CCC. The minimum Gasteiger partial charge on any atom is -0.256 e. The molecule has 0 aliphatic carbocycles. The van der Waals surface area contributed by atoms with Gasteiger partial charge in [-0.3, -0.25) is 5.32 Å². The molecule has 19 heavy (non-hydrogen) atoms. The molecule has 0 saturated carbocycles. The first-order valence-electron chi connectivity index (χ1n) is 7.39. The van der Waals surface area contributed by atoms with Gasteiger partial charge in [0.2, 0.25) is 0 Å². The lowest BCUT2D eigenvalue weighted by Crippen LogP contribution is -2.04. The Morgan fingerprint density at radius 2 is 1.74 bits per heavy atom. The Labute approximate surface area is 117 Å². The van der Waals surface area contributed by atoms with Crippen LogP contribution < -0.4 is 5.32 Å². The first-order valence-corrected chi connectivity index (χ1v) is 7.39. The smallest absolute Gasteiger partial charge is 0.0734 e. The molecule has 0 amide bonds.